The molecule has 0 aromatic carbocycles. The molecule has 0 radical (unpaired) electrons. The van der Waals surface area contributed by atoms with Gasteiger partial charge in [0, 0.05) is 6.42 Å². The van der Waals surface area contributed by atoms with Crippen LogP contribution in [0, 0.1) is 5.92 Å². The molecule has 3 unspecified atom stereocenters. The highest BCUT2D eigenvalue weighted by Crippen LogP contribution is 2.41. The summed E-state index contributed by atoms with van der Waals surface area (Å²) in [6.07, 6.45) is -1.75. The molecule has 3 atom stereocenters. The summed E-state index contributed by atoms with van der Waals surface area (Å²) in [6.45, 7) is 4.40. The Bertz CT molecular complexity index is 940. The molecule has 2 aliphatic rings. The molecule has 0 bridgehead atoms. The van der Waals surface area contributed by atoms with Crippen LogP contribution in [0.4, 0.5) is 8.78 Å². The van der Waals surface area contributed by atoms with Crippen LogP contribution in [0.25, 0.3) is 0 Å². The van der Waals surface area contributed by atoms with Crippen LogP contribution in [0.2, 0.25) is 0 Å². The van der Waals surface area contributed by atoms with Crippen molar-refractivity contribution >= 4 is 34.0 Å². The molecule has 1 saturated heterocycles. The third kappa shape index (κ3) is 6.90. The Balaban J connectivity index is 1.86. The molecule has 2 fully saturated rings. The molecule has 1 aliphatic heterocycles. The molecule has 11 nitrogen and oxygen atoms in total. The van der Waals surface area contributed by atoms with Crippen molar-refractivity contribution in [1.29, 1.82) is 0 Å². The fourth-order valence-corrected chi connectivity index (χ4v) is 4.99. The molecule has 1 aliphatic carbocycles. The first kappa shape index (κ1) is 29.9. The van der Waals surface area contributed by atoms with Crippen LogP contribution < -0.4 is 0 Å². The smallest absolute Gasteiger partial charge is 0.405 e. The SMILES string of the molecule is CCC(CC)(OC(=O)C1CC(OC(=O)CCC(=O)OC(C)C(F)(F)S(=O)(=O)O)C(=O)O1)C1CCCC1. The van der Waals surface area contributed by atoms with E-state index in [0.29, 0.717) is 19.8 Å². The second kappa shape index (κ2) is 11.8. The first-order chi connectivity index (χ1) is 16.7. The zero-order chi connectivity index (χ0) is 27.3. The number of carbonyl (C=O) groups is 4. The zero-order valence-electron chi connectivity index (χ0n) is 20.4. The summed E-state index contributed by atoms with van der Waals surface area (Å²) < 4.78 is 76.8. The van der Waals surface area contributed by atoms with Crippen molar-refractivity contribution in [3.63, 3.8) is 0 Å². The number of halogens is 2. The minimum Gasteiger partial charge on any atom is -0.456 e. The van der Waals surface area contributed by atoms with E-state index in [1.165, 1.54) is 0 Å². The summed E-state index contributed by atoms with van der Waals surface area (Å²) in [6, 6.07) is 0. The predicted octanol–water partition coefficient (Wildman–Crippen LogP) is 2.70. The van der Waals surface area contributed by atoms with Crippen LogP contribution in [0.3, 0.4) is 0 Å². The molecule has 0 aromatic rings. The third-order valence-corrected chi connectivity index (χ3v) is 7.76. The number of ether oxygens (including phenoxy) is 4. The van der Waals surface area contributed by atoms with E-state index in [4.69, 9.17) is 18.8 Å². The van der Waals surface area contributed by atoms with Gasteiger partial charge in [-0.2, -0.15) is 17.2 Å². The van der Waals surface area contributed by atoms with Gasteiger partial charge in [-0.15, -0.1) is 0 Å². The average Bonchev–Trinajstić information content (AvgIpc) is 3.46. The summed E-state index contributed by atoms with van der Waals surface area (Å²) in [4.78, 5) is 48.6. The Hall–Kier alpha value is -2.35. The molecule has 36 heavy (non-hydrogen) atoms. The molecule has 1 saturated carbocycles. The van der Waals surface area contributed by atoms with E-state index in [1.54, 1.807) is 0 Å². The first-order valence-electron chi connectivity index (χ1n) is 11.8. The van der Waals surface area contributed by atoms with Gasteiger partial charge in [-0.05, 0) is 38.5 Å². The lowest BCUT2D eigenvalue weighted by Gasteiger charge is -2.37. The number of alkyl halides is 2. The lowest BCUT2D eigenvalue weighted by molar-refractivity contribution is -0.181. The summed E-state index contributed by atoms with van der Waals surface area (Å²) in [5.74, 6) is -3.91. The Labute approximate surface area is 207 Å². The highest BCUT2D eigenvalue weighted by Gasteiger charge is 2.52. The molecule has 1 heterocycles. The molecule has 14 heteroatoms. The molecular formula is C22H32F2O11S. The van der Waals surface area contributed by atoms with Gasteiger partial charge < -0.3 is 18.9 Å². The van der Waals surface area contributed by atoms with Crippen LogP contribution in [0.1, 0.15) is 78.6 Å². The van der Waals surface area contributed by atoms with Gasteiger partial charge in [0.15, 0.2) is 6.10 Å². The fraction of sp³-hybridized carbons (Fsp3) is 0.818. The minimum absolute atomic E-state index is 0.210. The average molecular weight is 543 g/mol. The first-order valence-corrected chi connectivity index (χ1v) is 13.3. The molecule has 206 valence electrons. The van der Waals surface area contributed by atoms with E-state index in [9.17, 15) is 36.4 Å². The Kier molecular flexibility index (Phi) is 9.79. The van der Waals surface area contributed by atoms with Crippen molar-refractivity contribution in [2.75, 3.05) is 0 Å². The highest BCUT2D eigenvalue weighted by molar-refractivity contribution is 7.86. The summed E-state index contributed by atoms with van der Waals surface area (Å²) in [5.41, 5.74) is -0.668. The largest absolute Gasteiger partial charge is 0.456 e. The minimum atomic E-state index is -5.82. The normalized spacial score (nSPS) is 22.1. The van der Waals surface area contributed by atoms with Crippen LogP contribution in [0.5, 0.6) is 0 Å². The van der Waals surface area contributed by atoms with Crippen molar-refractivity contribution in [2.45, 2.75) is 108 Å². The van der Waals surface area contributed by atoms with Gasteiger partial charge >= 0.3 is 39.2 Å². The van der Waals surface area contributed by atoms with Gasteiger partial charge in [0.05, 0.1) is 12.8 Å². The third-order valence-electron chi connectivity index (χ3n) is 6.74. The van der Waals surface area contributed by atoms with Gasteiger partial charge in [0.1, 0.15) is 5.60 Å². The maximum absolute atomic E-state index is 13.4. The quantitative estimate of drug-likeness (QED) is 0.219. The lowest BCUT2D eigenvalue weighted by atomic mass is 9.81. The van der Waals surface area contributed by atoms with Gasteiger partial charge in [0.25, 0.3) is 0 Å². The summed E-state index contributed by atoms with van der Waals surface area (Å²) >= 11 is 0. The number of hydrogen-bond donors (Lipinski definition) is 1. The molecule has 0 amide bonds. The topological polar surface area (TPSA) is 160 Å². The van der Waals surface area contributed by atoms with E-state index >= 15 is 0 Å². The van der Waals surface area contributed by atoms with Crippen molar-refractivity contribution < 1.29 is 59.9 Å². The maximum atomic E-state index is 13.4. The van der Waals surface area contributed by atoms with E-state index in [1.807, 2.05) is 13.8 Å². The zero-order valence-corrected chi connectivity index (χ0v) is 21.2. The van der Waals surface area contributed by atoms with Crippen LogP contribution in [0.15, 0.2) is 0 Å². The fourth-order valence-electron chi connectivity index (χ4n) is 4.52. The highest BCUT2D eigenvalue weighted by atomic mass is 32.2. The Morgan fingerprint density at radius 1 is 1.11 bits per heavy atom. The molecule has 0 aromatic heterocycles. The Morgan fingerprint density at radius 3 is 2.19 bits per heavy atom. The van der Waals surface area contributed by atoms with Crippen molar-refractivity contribution in [2.24, 2.45) is 5.92 Å². The van der Waals surface area contributed by atoms with Gasteiger partial charge in [0.2, 0.25) is 12.2 Å². The molecular weight excluding hydrogens is 510 g/mol. The lowest BCUT2D eigenvalue weighted by Crippen LogP contribution is -2.43. The predicted molar refractivity (Wildman–Crippen MR) is 117 cm³/mol. The standard InChI is InChI=1S/C22H32F2O11S/c1-4-21(5-2,14-8-6-7-9-14)35-20(28)16-12-15(19(27)34-16)33-18(26)11-10-17(25)32-13(3)22(23,24)36(29,30)31/h13-16H,4-12H2,1-3H3,(H,29,30,31). The monoisotopic (exact) mass is 542 g/mol. The molecule has 1 N–H and O–H groups in total. The summed E-state index contributed by atoms with van der Waals surface area (Å²) in [5, 5.41) is -4.74. The van der Waals surface area contributed by atoms with Gasteiger partial charge in [-0.1, -0.05) is 26.7 Å². The van der Waals surface area contributed by atoms with E-state index < -0.39 is 76.0 Å². The van der Waals surface area contributed by atoms with Gasteiger partial charge in [-0.25, -0.2) is 9.59 Å². The number of esters is 4. The van der Waals surface area contributed by atoms with Crippen molar-refractivity contribution in [3.05, 3.63) is 0 Å². The number of rotatable bonds is 12. The van der Waals surface area contributed by atoms with E-state index in [0.717, 1.165) is 25.7 Å². The molecule has 0 spiro atoms. The van der Waals surface area contributed by atoms with Crippen molar-refractivity contribution in [1.82, 2.24) is 0 Å². The van der Waals surface area contributed by atoms with E-state index in [2.05, 4.69) is 4.74 Å². The number of carbonyl (C=O) groups excluding carboxylic acids is 4. The second-order valence-electron chi connectivity index (χ2n) is 8.98. The molecule has 2 rings (SSSR count). The maximum Gasteiger partial charge on any atom is 0.405 e. The van der Waals surface area contributed by atoms with Crippen LogP contribution in [-0.2, 0) is 48.2 Å². The van der Waals surface area contributed by atoms with Crippen molar-refractivity contribution in [3.8, 4) is 0 Å². The summed E-state index contributed by atoms with van der Waals surface area (Å²) in [7, 11) is -5.82. The number of cyclic esters (lactones) is 1. The van der Waals surface area contributed by atoms with Gasteiger partial charge in [-0.3, -0.25) is 14.1 Å². The van der Waals surface area contributed by atoms with E-state index in [-0.39, 0.29) is 12.3 Å². The second-order valence-corrected chi connectivity index (χ2v) is 10.5. The van der Waals surface area contributed by atoms with Crippen LogP contribution >= 0.6 is 0 Å². The Morgan fingerprint density at radius 2 is 1.67 bits per heavy atom. The number of hydrogen-bond acceptors (Lipinski definition) is 10. The van der Waals surface area contributed by atoms with Crippen LogP contribution in [-0.4, -0.2) is 66.0 Å².